The van der Waals surface area contributed by atoms with Crippen LogP contribution in [0, 0.1) is 19.8 Å². The zero-order chi connectivity index (χ0) is 15.6. The first-order valence-corrected chi connectivity index (χ1v) is 7.11. The van der Waals surface area contributed by atoms with Gasteiger partial charge >= 0.3 is 6.03 Å². The molecule has 1 aliphatic heterocycles. The predicted molar refractivity (Wildman–Crippen MR) is 76.3 cm³/mol. The summed E-state index contributed by atoms with van der Waals surface area (Å²) < 4.78 is 5.12. The number of carbonyl (C=O) groups excluding carboxylic acids is 2. The van der Waals surface area contributed by atoms with Crippen LogP contribution < -0.4 is 5.73 Å². The number of aromatic nitrogens is 1. The molecule has 0 radical (unpaired) electrons. The average Bonchev–Trinajstić information content (AvgIpc) is 2.78. The average molecular weight is 294 g/mol. The molecule has 2 rings (SSSR count). The number of nitrogens with zero attached hydrogens (tertiary/aromatic N) is 3. The van der Waals surface area contributed by atoms with Gasteiger partial charge in [-0.25, -0.2) is 4.79 Å². The summed E-state index contributed by atoms with van der Waals surface area (Å²) in [6.45, 7) is 5.31. The maximum absolute atomic E-state index is 12.5. The molecule has 1 aromatic heterocycles. The van der Waals surface area contributed by atoms with E-state index >= 15 is 0 Å². The number of nitrogens with two attached hydrogens (primary N) is 1. The number of hydrogen-bond acceptors (Lipinski definition) is 4. The highest BCUT2D eigenvalue weighted by atomic mass is 16.5. The highest BCUT2D eigenvalue weighted by Gasteiger charge is 2.29. The smallest absolute Gasteiger partial charge is 0.314 e. The van der Waals surface area contributed by atoms with Gasteiger partial charge in [0.05, 0.1) is 12.2 Å². The first-order chi connectivity index (χ1) is 9.90. The van der Waals surface area contributed by atoms with E-state index in [1.165, 1.54) is 0 Å². The molecule has 2 heterocycles. The quantitative estimate of drug-likeness (QED) is 0.901. The van der Waals surface area contributed by atoms with E-state index in [1.54, 1.807) is 16.8 Å². The number of piperidine rings is 1. The van der Waals surface area contributed by atoms with Crippen molar-refractivity contribution in [2.24, 2.45) is 11.7 Å². The van der Waals surface area contributed by atoms with E-state index in [0.29, 0.717) is 32.5 Å². The normalized spacial score (nSPS) is 16.0. The van der Waals surface area contributed by atoms with Gasteiger partial charge in [-0.3, -0.25) is 4.79 Å². The lowest BCUT2D eigenvalue weighted by Crippen LogP contribution is -2.45. The molecule has 1 saturated heterocycles. The molecular weight excluding hydrogens is 272 g/mol. The number of amides is 3. The van der Waals surface area contributed by atoms with Crippen molar-refractivity contribution < 1.29 is 14.1 Å². The molecule has 0 unspecified atom stereocenters. The van der Waals surface area contributed by atoms with Crippen molar-refractivity contribution in [3.63, 3.8) is 0 Å². The van der Waals surface area contributed by atoms with Crippen LogP contribution in [0.25, 0.3) is 0 Å². The highest BCUT2D eigenvalue weighted by Crippen LogP contribution is 2.21. The minimum atomic E-state index is -0.412. The summed E-state index contributed by atoms with van der Waals surface area (Å²) >= 11 is 0. The van der Waals surface area contributed by atoms with Crippen LogP contribution in [0.15, 0.2) is 4.52 Å². The van der Waals surface area contributed by atoms with Gasteiger partial charge in [-0.05, 0) is 26.7 Å². The SMILES string of the molecule is Cc1noc(C)c1CN(C)C(=O)C1CCN(C(N)=O)CC1. The molecule has 21 heavy (non-hydrogen) atoms. The van der Waals surface area contributed by atoms with Crippen molar-refractivity contribution in [2.45, 2.75) is 33.2 Å². The Balaban J connectivity index is 1.93. The van der Waals surface area contributed by atoms with Crippen LogP contribution in [0.1, 0.15) is 29.9 Å². The Morgan fingerprint density at radius 2 is 2.00 bits per heavy atom. The standard InChI is InChI=1S/C14H22N4O3/c1-9-12(10(2)21-16-9)8-17(3)13(19)11-4-6-18(7-5-11)14(15)20/h11H,4-8H2,1-3H3,(H2,15,20). The van der Waals surface area contributed by atoms with Gasteiger partial charge < -0.3 is 20.1 Å². The van der Waals surface area contributed by atoms with Gasteiger partial charge in [0, 0.05) is 31.6 Å². The van der Waals surface area contributed by atoms with Crippen LogP contribution >= 0.6 is 0 Å². The van der Waals surface area contributed by atoms with Crippen molar-refractivity contribution in [1.29, 1.82) is 0 Å². The summed E-state index contributed by atoms with van der Waals surface area (Å²) in [5.41, 5.74) is 7.02. The molecule has 3 amide bonds. The Hall–Kier alpha value is -2.05. The fourth-order valence-corrected chi connectivity index (χ4v) is 2.70. The Morgan fingerprint density at radius 1 is 1.38 bits per heavy atom. The van der Waals surface area contributed by atoms with Crippen molar-refractivity contribution in [1.82, 2.24) is 15.0 Å². The second kappa shape index (κ2) is 6.15. The molecule has 1 fully saturated rings. The molecule has 7 heteroatoms. The van der Waals surface area contributed by atoms with Gasteiger partial charge in [0.2, 0.25) is 5.91 Å². The van der Waals surface area contributed by atoms with E-state index < -0.39 is 6.03 Å². The van der Waals surface area contributed by atoms with E-state index in [1.807, 2.05) is 13.8 Å². The van der Waals surface area contributed by atoms with Crippen LogP contribution in [0.2, 0.25) is 0 Å². The Bertz CT molecular complexity index is 513. The number of rotatable bonds is 3. The Morgan fingerprint density at radius 3 is 2.48 bits per heavy atom. The number of carbonyl (C=O) groups is 2. The van der Waals surface area contributed by atoms with E-state index in [2.05, 4.69) is 5.16 Å². The molecular formula is C14H22N4O3. The maximum Gasteiger partial charge on any atom is 0.314 e. The molecule has 1 aliphatic rings. The minimum absolute atomic E-state index is 0.0499. The van der Waals surface area contributed by atoms with E-state index in [0.717, 1.165) is 17.0 Å². The van der Waals surface area contributed by atoms with Crippen molar-refractivity contribution in [2.75, 3.05) is 20.1 Å². The van der Waals surface area contributed by atoms with E-state index in [9.17, 15) is 9.59 Å². The van der Waals surface area contributed by atoms with Crippen LogP contribution in [0.5, 0.6) is 0 Å². The van der Waals surface area contributed by atoms with Gasteiger partial charge in [0.1, 0.15) is 5.76 Å². The lowest BCUT2D eigenvalue weighted by atomic mass is 9.95. The molecule has 0 aliphatic carbocycles. The van der Waals surface area contributed by atoms with Crippen LogP contribution in [-0.4, -0.2) is 47.0 Å². The Labute approximate surface area is 124 Å². The molecule has 7 nitrogen and oxygen atoms in total. The van der Waals surface area contributed by atoms with Crippen molar-refractivity contribution in [3.05, 3.63) is 17.0 Å². The third-order valence-corrected chi connectivity index (χ3v) is 4.11. The molecule has 2 N–H and O–H groups in total. The zero-order valence-electron chi connectivity index (χ0n) is 12.8. The molecule has 0 spiro atoms. The fourth-order valence-electron chi connectivity index (χ4n) is 2.70. The lowest BCUT2D eigenvalue weighted by Gasteiger charge is -2.32. The fraction of sp³-hybridized carbons (Fsp3) is 0.643. The molecule has 0 atom stereocenters. The van der Waals surface area contributed by atoms with Crippen LogP contribution in [-0.2, 0) is 11.3 Å². The summed E-state index contributed by atoms with van der Waals surface area (Å²) in [4.78, 5) is 26.8. The summed E-state index contributed by atoms with van der Waals surface area (Å²) in [7, 11) is 1.79. The number of primary amides is 1. The Kier molecular flexibility index (Phi) is 4.50. The monoisotopic (exact) mass is 294 g/mol. The number of urea groups is 1. The summed E-state index contributed by atoms with van der Waals surface area (Å²) in [6, 6.07) is -0.412. The van der Waals surface area contributed by atoms with E-state index in [4.69, 9.17) is 10.3 Å². The largest absolute Gasteiger partial charge is 0.361 e. The second-order valence-corrected chi connectivity index (χ2v) is 5.60. The molecule has 0 bridgehead atoms. The third kappa shape index (κ3) is 3.34. The van der Waals surface area contributed by atoms with Crippen LogP contribution in [0.3, 0.4) is 0 Å². The van der Waals surface area contributed by atoms with Gasteiger partial charge in [0.25, 0.3) is 0 Å². The number of hydrogen-bond donors (Lipinski definition) is 1. The highest BCUT2D eigenvalue weighted by molar-refractivity contribution is 5.79. The van der Waals surface area contributed by atoms with Gasteiger partial charge in [-0.15, -0.1) is 0 Å². The molecule has 1 aromatic rings. The summed E-state index contributed by atoms with van der Waals surface area (Å²) in [5, 5.41) is 3.90. The number of aryl methyl sites for hydroxylation is 2. The number of likely N-dealkylation sites (tertiary alicyclic amines) is 1. The zero-order valence-corrected chi connectivity index (χ0v) is 12.8. The lowest BCUT2D eigenvalue weighted by molar-refractivity contribution is -0.136. The minimum Gasteiger partial charge on any atom is -0.361 e. The maximum atomic E-state index is 12.5. The molecule has 116 valence electrons. The van der Waals surface area contributed by atoms with Crippen molar-refractivity contribution >= 4 is 11.9 Å². The summed E-state index contributed by atoms with van der Waals surface area (Å²) in [6.07, 6.45) is 1.32. The first kappa shape index (κ1) is 15.3. The van der Waals surface area contributed by atoms with Crippen LogP contribution in [0.4, 0.5) is 4.79 Å². The van der Waals surface area contributed by atoms with Crippen molar-refractivity contribution in [3.8, 4) is 0 Å². The van der Waals surface area contributed by atoms with E-state index in [-0.39, 0.29) is 11.8 Å². The predicted octanol–water partition coefficient (Wildman–Crippen LogP) is 1.04. The first-order valence-electron chi connectivity index (χ1n) is 7.11. The molecule has 0 saturated carbocycles. The third-order valence-electron chi connectivity index (χ3n) is 4.11. The second-order valence-electron chi connectivity index (χ2n) is 5.60. The van der Waals surface area contributed by atoms with Gasteiger partial charge in [0.15, 0.2) is 0 Å². The van der Waals surface area contributed by atoms with Gasteiger partial charge in [-0.1, -0.05) is 5.16 Å². The topological polar surface area (TPSA) is 92.7 Å². The molecule has 0 aromatic carbocycles. The summed E-state index contributed by atoms with van der Waals surface area (Å²) in [5.74, 6) is 0.792. The van der Waals surface area contributed by atoms with Gasteiger partial charge in [-0.2, -0.15) is 0 Å².